The van der Waals surface area contributed by atoms with E-state index in [1.165, 1.54) is 121 Å². The van der Waals surface area contributed by atoms with E-state index in [4.69, 9.17) is 8.83 Å². The van der Waals surface area contributed by atoms with Crippen LogP contribution in [0.15, 0.2) is 264 Å². The zero-order chi connectivity index (χ0) is 58.2. The van der Waals surface area contributed by atoms with Gasteiger partial charge in [0.25, 0.3) is 0 Å². The minimum absolute atomic E-state index is 0.172. The largest absolute Gasteiger partial charge is 0.456 e. The van der Waals surface area contributed by atoms with Crippen LogP contribution < -0.4 is 4.90 Å². The van der Waals surface area contributed by atoms with E-state index in [9.17, 15) is 0 Å². The van der Waals surface area contributed by atoms with Gasteiger partial charge in [0.15, 0.2) is 5.58 Å². The van der Waals surface area contributed by atoms with Crippen LogP contribution in [0.1, 0.15) is 44.9 Å². The lowest BCUT2D eigenvalue weighted by atomic mass is 9.79. The Kier molecular flexibility index (Phi) is 10.2. The van der Waals surface area contributed by atoms with E-state index in [0.717, 1.165) is 77.6 Å². The monoisotopic (exact) mass is 1130 g/mol. The molecule has 0 N–H and O–H groups in total. The molecule has 6 heterocycles. The predicted octanol–water partition coefficient (Wildman–Crippen LogP) is 23.0. The maximum Gasteiger partial charge on any atom is 0.159 e. The summed E-state index contributed by atoms with van der Waals surface area (Å²) in [7, 11) is 0. The Balaban J connectivity index is 0.925. The number of para-hydroxylation sites is 4. The molecule has 414 valence electrons. The highest BCUT2D eigenvalue weighted by atomic mass is 16.3. The second-order valence-electron chi connectivity index (χ2n) is 24.4. The fraction of sp³-hybridized carbons (Fsp3) is 0.0602. The number of aryl methyl sites for hydroxylation is 4. The highest BCUT2D eigenvalue weighted by molar-refractivity contribution is 6.45. The molecule has 1 atom stereocenters. The van der Waals surface area contributed by atoms with Crippen molar-refractivity contribution in [1.29, 1.82) is 0 Å². The van der Waals surface area contributed by atoms with Gasteiger partial charge in [0, 0.05) is 87.5 Å². The molecule has 0 aliphatic carbocycles. The summed E-state index contributed by atoms with van der Waals surface area (Å²) in [5.41, 5.74) is 27.1. The first kappa shape index (κ1) is 49.2. The van der Waals surface area contributed by atoms with E-state index in [-0.39, 0.29) is 5.92 Å². The van der Waals surface area contributed by atoms with Crippen LogP contribution in [0.25, 0.3) is 142 Å². The first-order valence-electron chi connectivity index (χ1n) is 30.6. The molecular formula is C83H55N3O2. The topological polar surface area (TPSA) is 38.3 Å². The van der Waals surface area contributed by atoms with E-state index in [1.54, 1.807) is 0 Å². The number of nitrogens with zero attached hydrogens (tertiary/aromatic N) is 3. The molecule has 0 bridgehead atoms. The minimum atomic E-state index is -0.172. The number of hydrogen-bond donors (Lipinski definition) is 0. The van der Waals surface area contributed by atoms with Crippen molar-refractivity contribution in [1.82, 2.24) is 8.80 Å². The van der Waals surface area contributed by atoms with Crippen LogP contribution in [0, 0.1) is 27.7 Å². The third-order valence-electron chi connectivity index (χ3n) is 19.6. The van der Waals surface area contributed by atoms with Gasteiger partial charge in [0.1, 0.15) is 16.7 Å². The number of hydrogen-bond acceptors (Lipinski definition) is 3. The zero-order valence-electron chi connectivity index (χ0n) is 49.0. The Morgan fingerprint density at radius 2 is 0.807 bits per heavy atom. The van der Waals surface area contributed by atoms with Gasteiger partial charge in [-0.25, -0.2) is 0 Å². The molecule has 0 aliphatic heterocycles. The van der Waals surface area contributed by atoms with E-state index >= 15 is 0 Å². The van der Waals surface area contributed by atoms with Gasteiger partial charge in [-0.05, 0) is 150 Å². The van der Waals surface area contributed by atoms with Crippen LogP contribution >= 0.6 is 0 Å². The number of rotatable bonds is 8. The number of aromatic nitrogens is 2. The molecule has 5 nitrogen and oxygen atoms in total. The van der Waals surface area contributed by atoms with Crippen molar-refractivity contribution in [2.75, 3.05) is 4.90 Å². The van der Waals surface area contributed by atoms with Gasteiger partial charge in [-0.1, -0.05) is 188 Å². The molecule has 1 unspecified atom stereocenters. The zero-order valence-corrected chi connectivity index (χ0v) is 49.0. The lowest BCUT2D eigenvalue weighted by Gasteiger charge is -2.29. The Labute approximate surface area is 506 Å². The smallest absolute Gasteiger partial charge is 0.159 e. The Hall–Kier alpha value is -11.1. The fourth-order valence-corrected chi connectivity index (χ4v) is 15.6. The molecule has 19 rings (SSSR count). The van der Waals surface area contributed by atoms with Crippen molar-refractivity contribution in [2.24, 2.45) is 0 Å². The highest BCUT2D eigenvalue weighted by Gasteiger charge is 2.33. The summed E-state index contributed by atoms with van der Waals surface area (Å²) in [6.45, 7) is 9.00. The molecule has 6 aromatic heterocycles. The van der Waals surface area contributed by atoms with Crippen LogP contribution in [0.4, 0.5) is 17.1 Å². The molecule has 19 aromatic rings. The molecule has 0 fully saturated rings. The van der Waals surface area contributed by atoms with Gasteiger partial charge < -0.3 is 22.5 Å². The first-order chi connectivity index (χ1) is 43.3. The molecule has 0 radical (unpaired) electrons. The van der Waals surface area contributed by atoms with Crippen molar-refractivity contribution < 1.29 is 8.83 Å². The summed E-state index contributed by atoms with van der Waals surface area (Å²) >= 11 is 0. The average Bonchev–Trinajstić information content (AvgIpc) is 1.59. The van der Waals surface area contributed by atoms with Crippen LogP contribution in [-0.4, -0.2) is 8.80 Å². The third kappa shape index (κ3) is 6.70. The first-order valence-corrected chi connectivity index (χ1v) is 30.6. The van der Waals surface area contributed by atoms with Gasteiger partial charge in [0.05, 0.1) is 38.8 Å². The van der Waals surface area contributed by atoms with Crippen LogP contribution in [0.3, 0.4) is 0 Å². The SMILES string of the molecule is Cc1ccc(-c2ccccc2)cc1C(c1ccc2c(c1)c1c3c4ccccc4n4c5ccc(N(c6cc(-c7ccccc7)ccc6C)c6c(C)ccc7c6oc6ccccc67)cc5c(c5c6ccccc6n2c51)c34)c1c(C)ccc2c1oc1ccccc12. The highest BCUT2D eigenvalue weighted by Crippen LogP contribution is 2.55. The summed E-state index contributed by atoms with van der Waals surface area (Å²) in [4.78, 5) is 2.48. The van der Waals surface area contributed by atoms with Gasteiger partial charge >= 0.3 is 0 Å². The van der Waals surface area contributed by atoms with E-state index < -0.39 is 0 Å². The molecule has 0 saturated heterocycles. The summed E-state index contributed by atoms with van der Waals surface area (Å²) in [6.07, 6.45) is 0. The lowest BCUT2D eigenvalue weighted by molar-refractivity contribution is 0.660. The van der Waals surface area contributed by atoms with Gasteiger partial charge in [-0.2, -0.15) is 0 Å². The van der Waals surface area contributed by atoms with Crippen LogP contribution in [0.5, 0.6) is 0 Å². The molecule has 0 spiro atoms. The van der Waals surface area contributed by atoms with Crippen LogP contribution in [-0.2, 0) is 0 Å². The molecular weight excluding hydrogens is 1070 g/mol. The van der Waals surface area contributed by atoms with Crippen molar-refractivity contribution in [2.45, 2.75) is 33.6 Å². The van der Waals surface area contributed by atoms with Crippen molar-refractivity contribution >= 4 is 137 Å². The summed E-state index contributed by atoms with van der Waals surface area (Å²) in [5, 5.41) is 14.5. The van der Waals surface area contributed by atoms with Crippen molar-refractivity contribution in [3.63, 3.8) is 0 Å². The maximum absolute atomic E-state index is 7.05. The van der Waals surface area contributed by atoms with Gasteiger partial charge in [-0.15, -0.1) is 0 Å². The van der Waals surface area contributed by atoms with Crippen molar-refractivity contribution in [3.8, 4) is 22.3 Å². The average molecular weight is 1130 g/mol. The number of furan rings is 2. The molecule has 88 heavy (non-hydrogen) atoms. The summed E-state index contributed by atoms with van der Waals surface area (Å²) < 4.78 is 19.2. The minimum Gasteiger partial charge on any atom is -0.456 e. The molecule has 0 amide bonds. The van der Waals surface area contributed by atoms with Gasteiger partial charge in [0.2, 0.25) is 0 Å². The summed E-state index contributed by atoms with van der Waals surface area (Å²) in [5.74, 6) is -0.172. The fourth-order valence-electron chi connectivity index (χ4n) is 15.6. The standard InChI is InChI=1S/C83H55N3O2/c1-47-31-35-53(51-19-7-5-8-20-51)43-63(47)74(73-49(3)33-39-59-57-23-13-17-29-71(57)87-82(59)73)55-37-41-68-64(44-55)77-75-61-25-11-16-28-67(61)86-69-42-38-56(46-65(69)78(81(75)86)76-62-26-12-15-27-66(62)85(68)80(76)77)84(70-45-54(36-32-48(70)2)52-21-9-6-10-22-52)79-50(4)34-40-60-58-24-14-18-30-72(58)88-83(60)79/h5-46,74H,1-4H3. The normalized spacial score (nSPS) is 12.7. The molecule has 0 aliphatic rings. The molecule has 5 heteroatoms. The number of benzene rings is 13. The number of fused-ring (bicyclic) bond motifs is 20. The molecule has 13 aromatic carbocycles. The lowest BCUT2D eigenvalue weighted by Crippen LogP contribution is -2.13. The Morgan fingerprint density at radius 1 is 0.330 bits per heavy atom. The maximum atomic E-state index is 7.05. The van der Waals surface area contributed by atoms with E-state index in [1.807, 2.05) is 0 Å². The van der Waals surface area contributed by atoms with Gasteiger partial charge in [-0.3, -0.25) is 0 Å². The van der Waals surface area contributed by atoms with E-state index in [0.29, 0.717) is 0 Å². The van der Waals surface area contributed by atoms with Crippen molar-refractivity contribution in [3.05, 3.63) is 294 Å². The third-order valence-corrected chi connectivity index (χ3v) is 19.6. The Bertz CT molecular complexity index is 5740. The molecule has 0 saturated carbocycles. The predicted molar refractivity (Wildman–Crippen MR) is 369 cm³/mol. The summed E-state index contributed by atoms with van der Waals surface area (Å²) in [6, 6.07) is 94.2. The van der Waals surface area contributed by atoms with E-state index in [2.05, 4.69) is 296 Å². The number of anilines is 3. The second-order valence-corrected chi connectivity index (χ2v) is 24.4. The Morgan fingerprint density at radius 3 is 1.44 bits per heavy atom. The second kappa shape index (κ2) is 18.2. The quantitative estimate of drug-likeness (QED) is 0.142. The van der Waals surface area contributed by atoms with Crippen LogP contribution in [0.2, 0.25) is 0 Å².